The second-order valence-corrected chi connectivity index (χ2v) is 5.69. The molecule has 0 aromatic heterocycles. The quantitative estimate of drug-likeness (QED) is 0.691. The van der Waals surface area contributed by atoms with E-state index >= 15 is 0 Å². The molecule has 0 saturated heterocycles. The van der Waals surface area contributed by atoms with E-state index in [1.807, 2.05) is 7.11 Å². The summed E-state index contributed by atoms with van der Waals surface area (Å²) >= 11 is 2.16. The minimum Gasteiger partial charge on any atom is -0.381 e. The van der Waals surface area contributed by atoms with Crippen molar-refractivity contribution in [3.05, 3.63) is 0 Å². The summed E-state index contributed by atoms with van der Waals surface area (Å²) in [5, 5.41) is 0.911. The number of hydrogen-bond donors (Lipinski definition) is 0. The fourth-order valence-electron chi connectivity index (χ4n) is 1.76. The van der Waals surface area contributed by atoms with E-state index in [0.29, 0.717) is 6.10 Å². The second-order valence-electron chi connectivity index (χ2n) is 4.36. The summed E-state index contributed by atoms with van der Waals surface area (Å²) in [5.41, 5.74) is 0. The first-order chi connectivity index (χ1) is 6.22. The van der Waals surface area contributed by atoms with Gasteiger partial charge in [0.25, 0.3) is 0 Å². The molecule has 0 aliphatic heterocycles. The molecule has 0 aromatic carbocycles. The molecule has 0 unspecified atom stereocenters. The third-order valence-electron chi connectivity index (χ3n) is 2.62. The molecule has 0 amide bonds. The Hall–Kier alpha value is 0.310. The van der Waals surface area contributed by atoms with Crippen molar-refractivity contribution in [3.8, 4) is 0 Å². The van der Waals surface area contributed by atoms with Crippen LogP contribution in [0.15, 0.2) is 0 Å². The maximum atomic E-state index is 5.36. The van der Waals surface area contributed by atoms with Gasteiger partial charge in [-0.3, -0.25) is 0 Å². The summed E-state index contributed by atoms with van der Waals surface area (Å²) in [6.45, 7) is 4.60. The van der Waals surface area contributed by atoms with E-state index in [-0.39, 0.29) is 0 Å². The predicted molar refractivity (Wildman–Crippen MR) is 60.3 cm³/mol. The maximum absolute atomic E-state index is 5.36. The van der Waals surface area contributed by atoms with Gasteiger partial charge in [0.05, 0.1) is 6.10 Å². The Morgan fingerprint density at radius 1 is 1.23 bits per heavy atom. The molecule has 78 valence electrons. The smallest absolute Gasteiger partial charge is 0.0572 e. The minimum atomic E-state index is 0.552. The SMILES string of the molecule is COC1CCC(SCC(C)C)CC1. The van der Waals surface area contributed by atoms with Crippen LogP contribution in [0.2, 0.25) is 0 Å². The molecule has 0 heterocycles. The highest BCUT2D eigenvalue weighted by Crippen LogP contribution is 2.30. The van der Waals surface area contributed by atoms with Gasteiger partial charge in [0.1, 0.15) is 0 Å². The topological polar surface area (TPSA) is 9.23 Å². The zero-order valence-corrected chi connectivity index (χ0v) is 9.90. The molecule has 1 aliphatic rings. The van der Waals surface area contributed by atoms with Gasteiger partial charge in [-0.25, -0.2) is 0 Å². The van der Waals surface area contributed by atoms with Gasteiger partial charge in [-0.15, -0.1) is 0 Å². The fraction of sp³-hybridized carbons (Fsp3) is 1.00. The van der Waals surface area contributed by atoms with Gasteiger partial charge >= 0.3 is 0 Å². The standard InChI is InChI=1S/C11H22OS/c1-9(2)8-13-11-6-4-10(12-3)5-7-11/h9-11H,4-8H2,1-3H3. The number of methoxy groups -OCH3 is 1. The van der Waals surface area contributed by atoms with Crippen molar-refractivity contribution in [3.63, 3.8) is 0 Å². The molecule has 2 heteroatoms. The first-order valence-corrected chi connectivity index (χ1v) is 6.41. The van der Waals surface area contributed by atoms with Gasteiger partial charge in [0.15, 0.2) is 0 Å². The van der Waals surface area contributed by atoms with E-state index in [0.717, 1.165) is 11.2 Å². The molecule has 0 spiro atoms. The van der Waals surface area contributed by atoms with Crippen LogP contribution >= 0.6 is 11.8 Å². The van der Waals surface area contributed by atoms with Crippen LogP contribution in [-0.4, -0.2) is 24.2 Å². The van der Waals surface area contributed by atoms with Gasteiger partial charge in [0.2, 0.25) is 0 Å². The van der Waals surface area contributed by atoms with E-state index in [1.54, 1.807) is 0 Å². The summed E-state index contributed by atoms with van der Waals surface area (Å²) in [4.78, 5) is 0. The number of hydrogen-bond acceptors (Lipinski definition) is 2. The zero-order valence-electron chi connectivity index (χ0n) is 9.08. The van der Waals surface area contributed by atoms with E-state index in [1.165, 1.54) is 31.4 Å². The lowest BCUT2D eigenvalue weighted by atomic mass is 9.97. The average Bonchev–Trinajstić information content (AvgIpc) is 2.15. The molecule has 0 bridgehead atoms. The van der Waals surface area contributed by atoms with Gasteiger partial charge < -0.3 is 4.74 Å². The molecule has 13 heavy (non-hydrogen) atoms. The normalized spacial score (nSPS) is 29.5. The monoisotopic (exact) mass is 202 g/mol. The molecule has 1 fully saturated rings. The Balaban J connectivity index is 2.10. The number of rotatable bonds is 4. The third-order valence-corrected chi connectivity index (χ3v) is 4.42. The molecule has 1 saturated carbocycles. The average molecular weight is 202 g/mol. The molecule has 0 radical (unpaired) electrons. The molecule has 1 rings (SSSR count). The third kappa shape index (κ3) is 4.37. The lowest BCUT2D eigenvalue weighted by Crippen LogP contribution is -2.22. The van der Waals surface area contributed by atoms with Crippen LogP contribution in [0.5, 0.6) is 0 Å². The van der Waals surface area contributed by atoms with Crippen LogP contribution < -0.4 is 0 Å². The van der Waals surface area contributed by atoms with Crippen LogP contribution in [0.3, 0.4) is 0 Å². The largest absolute Gasteiger partial charge is 0.381 e. The molecular weight excluding hydrogens is 180 g/mol. The lowest BCUT2D eigenvalue weighted by Gasteiger charge is -2.27. The molecule has 0 aromatic rings. The van der Waals surface area contributed by atoms with Gasteiger partial charge in [0, 0.05) is 12.4 Å². The Labute approximate surface area is 86.6 Å². The number of thioether (sulfide) groups is 1. The maximum Gasteiger partial charge on any atom is 0.0572 e. The minimum absolute atomic E-state index is 0.552. The summed E-state index contributed by atoms with van der Waals surface area (Å²) < 4.78 is 5.36. The molecular formula is C11H22OS. The lowest BCUT2D eigenvalue weighted by molar-refractivity contribution is 0.0723. The molecule has 0 N–H and O–H groups in total. The van der Waals surface area contributed by atoms with Crippen molar-refractivity contribution in [2.45, 2.75) is 50.9 Å². The van der Waals surface area contributed by atoms with Crippen LogP contribution in [0.1, 0.15) is 39.5 Å². The fourth-order valence-corrected chi connectivity index (χ4v) is 3.03. The van der Waals surface area contributed by atoms with Gasteiger partial charge in [-0.05, 0) is 37.4 Å². The van der Waals surface area contributed by atoms with Gasteiger partial charge in [-0.2, -0.15) is 11.8 Å². The highest BCUT2D eigenvalue weighted by Gasteiger charge is 2.20. The van der Waals surface area contributed by atoms with Crippen LogP contribution in [-0.2, 0) is 4.74 Å². The highest BCUT2D eigenvalue weighted by atomic mass is 32.2. The second kappa shape index (κ2) is 5.92. The Kier molecular flexibility index (Phi) is 5.18. The Bertz CT molecular complexity index is 128. The van der Waals surface area contributed by atoms with Crippen molar-refractivity contribution in [2.75, 3.05) is 12.9 Å². The van der Waals surface area contributed by atoms with E-state index < -0.39 is 0 Å². The van der Waals surface area contributed by atoms with Crippen LogP contribution in [0, 0.1) is 5.92 Å². The molecule has 1 aliphatic carbocycles. The van der Waals surface area contributed by atoms with E-state index in [9.17, 15) is 0 Å². The van der Waals surface area contributed by atoms with Crippen LogP contribution in [0.25, 0.3) is 0 Å². The summed E-state index contributed by atoms with van der Waals surface area (Å²) in [5.74, 6) is 2.16. The predicted octanol–water partition coefficient (Wildman–Crippen LogP) is 3.33. The van der Waals surface area contributed by atoms with Crippen molar-refractivity contribution >= 4 is 11.8 Å². The Morgan fingerprint density at radius 3 is 2.31 bits per heavy atom. The van der Waals surface area contributed by atoms with Gasteiger partial charge in [-0.1, -0.05) is 13.8 Å². The van der Waals surface area contributed by atoms with E-state index in [4.69, 9.17) is 4.74 Å². The molecule has 1 nitrogen and oxygen atoms in total. The Morgan fingerprint density at radius 2 is 1.85 bits per heavy atom. The number of ether oxygens (including phenoxy) is 1. The van der Waals surface area contributed by atoms with Crippen molar-refractivity contribution < 1.29 is 4.74 Å². The summed E-state index contributed by atoms with van der Waals surface area (Å²) in [6.07, 6.45) is 5.81. The first kappa shape index (κ1) is 11.4. The van der Waals surface area contributed by atoms with E-state index in [2.05, 4.69) is 25.6 Å². The van der Waals surface area contributed by atoms with Crippen molar-refractivity contribution in [1.29, 1.82) is 0 Å². The van der Waals surface area contributed by atoms with Crippen molar-refractivity contribution in [2.24, 2.45) is 5.92 Å². The van der Waals surface area contributed by atoms with Crippen molar-refractivity contribution in [1.82, 2.24) is 0 Å². The summed E-state index contributed by atoms with van der Waals surface area (Å²) in [6, 6.07) is 0. The molecule has 0 atom stereocenters. The zero-order chi connectivity index (χ0) is 9.68. The summed E-state index contributed by atoms with van der Waals surface area (Å²) in [7, 11) is 1.84. The van der Waals surface area contributed by atoms with Crippen LogP contribution in [0.4, 0.5) is 0 Å². The first-order valence-electron chi connectivity index (χ1n) is 5.36. The highest BCUT2D eigenvalue weighted by molar-refractivity contribution is 7.99.